The van der Waals surface area contributed by atoms with Gasteiger partial charge in [0.25, 0.3) is 5.91 Å². The van der Waals surface area contributed by atoms with Crippen molar-refractivity contribution in [3.8, 4) is 0 Å². The molecule has 7 heteroatoms. The molecule has 0 spiro atoms. The van der Waals surface area contributed by atoms with Crippen LogP contribution in [0.15, 0.2) is 47.8 Å². The Bertz CT molecular complexity index is 638. The van der Waals surface area contributed by atoms with Gasteiger partial charge >= 0.3 is 0 Å². The lowest BCUT2D eigenvalue weighted by Crippen LogP contribution is -2.16. The minimum Gasteiger partial charge on any atom is -0.409 e. The van der Waals surface area contributed by atoms with E-state index < -0.39 is 0 Å². The Hall–Kier alpha value is -2.16. The molecule has 0 radical (unpaired) electrons. The molecule has 2 rings (SSSR count). The largest absolute Gasteiger partial charge is 0.409 e. The Morgan fingerprint density at radius 1 is 1.25 bits per heavy atom. The molecule has 1 aromatic carbocycles. The second-order valence-corrected chi connectivity index (χ2v) is 5.12. The first kappa shape index (κ1) is 14.3. The summed E-state index contributed by atoms with van der Waals surface area (Å²) in [6.45, 7) is 0. The highest BCUT2D eigenvalue weighted by molar-refractivity contribution is 14.1. The van der Waals surface area contributed by atoms with Crippen LogP contribution in [0.5, 0.6) is 0 Å². The van der Waals surface area contributed by atoms with Gasteiger partial charge in [0.1, 0.15) is 5.69 Å². The smallest absolute Gasteiger partial charge is 0.274 e. The van der Waals surface area contributed by atoms with Gasteiger partial charge in [-0.05, 0) is 59.0 Å². The fourth-order valence-corrected chi connectivity index (χ4v) is 1.83. The van der Waals surface area contributed by atoms with Crippen LogP contribution >= 0.6 is 22.6 Å². The fraction of sp³-hybridized carbons (Fsp3) is 0. The predicted molar refractivity (Wildman–Crippen MR) is 83.9 cm³/mol. The maximum atomic E-state index is 12.0. The van der Waals surface area contributed by atoms with Crippen molar-refractivity contribution >= 4 is 40.0 Å². The number of aromatic nitrogens is 1. The highest BCUT2D eigenvalue weighted by atomic mass is 127. The molecule has 0 atom stereocenters. The Kier molecular flexibility index (Phi) is 4.51. The Morgan fingerprint density at radius 2 is 1.95 bits per heavy atom. The number of nitrogens with two attached hydrogens (primary N) is 1. The molecule has 0 saturated heterocycles. The molecule has 4 N–H and O–H groups in total. The van der Waals surface area contributed by atoms with Gasteiger partial charge in [0.15, 0.2) is 5.84 Å². The second kappa shape index (κ2) is 6.33. The summed E-state index contributed by atoms with van der Waals surface area (Å²) < 4.78 is 1.09. The maximum absolute atomic E-state index is 12.0. The van der Waals surface area contributed by atoms with Crippen molar-refractivity contribution in [2.24, 2.45) is 10.9 Å². The molecule has 20 heavy (non-hydrogen) atoms. The van der Waals surface area contributed by atoms with Crippen LogP contribution in [-0.2, 0) is 0 Å². The second-order valence-electron chi connectivity index (χ2n) is 3.88. The number of benzene rings is 1. The average molecular weight is 382 g/mol. The molecule has 6 nitrogen and oxygen atoms in total. The van der Waals surface area contributed by atoms with E-state index in [4.69, 9.17) is 10.9 Å². The van der Waals surface area contributed by atoms with Crippen LogP contribution in [0.4, 0.5) is 5.69 Å². The number of hydrogen-bond donors (Lipinski definition) is 3. The minimum atomic E-state index is -0.322. The van der Waals surface area contributed by atoms with Crippen molar-refractivity contribution < 1.29 is 10.0 Å². The zero-order chi connectivity index (χ0) is 14.5. The minimum absolute atomic E-state index is 0.0536. The van der Waals surface area contributed by atoms with Gasteiger partial charge in [-0.2, -0.15) is 0 Å². The van der Waals surface area contributed by atoms with E-state index in [-0.39, 0.29) is 17.4 Å². The molecule has 1 heterocycles. The summed E-state index contributed by atoms with van der Waals surface area (Å²) in [7, 11) is 0. The van der Waals surface area contributed by atoms with Crippen LogP contribution < -0.4 is 11.1 Å². The van der Waals surface area contributed by atoms with Gasteiger partial charge in [-0.25, -0.2) is 0 Å². The number of nitrogens with one attached hydrogen (secondary N) is 1. The first-order valence-corrected chi connectivity index (χ1v) is 6.69. The van der Waals surface area contributed by atoms with Gasteiger partial charge in [0.05, 0.1) is 0 Å². The molecule has 1 aromatic heterocycles. The number of anilines is 1. The molecule has 0 unspecified atom stereocenters. The standard InChI is InChI=1S/C13H11IN4O2/c14-9-2-4-10(5-3-9)17-13(19)11-6-1-8(7-16-11)12(15)18-20/h1-7,20H,(H2,15,18)(H,17,19). The number of nitrogens with zero attached hydrogens (tertiary/aromatic N) is 2. The Morgan fingerprint density at radius 3 is 2.50 bits per heavy atom. The third-order valence-corrected chi connectivity index (χ3v) is 3.22. The van der Waals surface area contributed by atoms with Crippen LogP contribution in [0, 0.1) is 3.57 Å². The number of halogens is 1. The summed E-state index contributed by atoms with van der Waals surface area (Å²) in [5.74, 6) is -0.376. The fourth-order valence-electron chi connectivity index (χ4n) is 1.47. The average Bonchev–Trinajstić information content (AvgIpc) is 2.49. The molecule has 0 aliphatic heterocycles. The number of carbonyl (C=O) groups excluding carboxylic acids is 1. The summed E-state index contributed by atoms with van der Waals surface area (Å²) in [6, 6.07) is 10.5. The Labute approximate surface area is 128 Å². The van der Waals surface area contributed by atoms with E-state index in [2.05, 4.69) is 38.0 Å². The van der Waals surface area contributed by atoms with Gasteiger partial charge in [0, 0.05) is 21.0 Å². The molecule has 2 aromatic rings. The van der Waals surface area contributed by atoms with E-state index in [9.17, 15) is 4.79 Å². The van der Waals surface area contributed by atoms with Crippen molar-refractivity contribution in [1.82, 2.24) is 4.98 Å². The molecule has 102 valence electrons. The maximum Gasteiger partial charge on any atom is 0.274 e. The molecular formula is C13H11IN4O2. The van der Waals surface area contributed by atoms with Gasteiger partial charge < -0.3 is 16.3 Å². The first-order chi connectivity index (χ1) is 9.60. The SMILES string of the molecule is NC(=NO)c1ccc(C(=O)Nc2ccc(I)cc2)nc1. The van der Waals surface area contributed by atoms with Crippen molar-refractivity contribution in [3.05, 3.63) is 57.4 Å². The third kappa shape index (κ3) is 3.44. The van der Waals surface area contributed by atoms with E-state index in [1.165, 1.54) is 12.3 Å². The zero-order valence-corrected chi connectivity index (χ0v) is 12.4. The van der Waals surface area contributed by atoms with Crippen molar-refractivity contribution in [2.45, 2.75) is 0 Å². The van der Waals surface area contributed by atoms with Crippen LogP contribution in [0.25, 0.3) is 0 Å². The lowest BCUT2D eigenvalue weighted by molar-refractivity contribution is 0.102. The van der Waals surface area contributed by atoms with Crippen molar-refractivity contribution in [2.75, 3.05) is 5.32 Å². The first-order valence-electron chi connectivity index (χ1n) is 5.61. The molecular weight excluding hydrogens is 371 g/mol. The summed E-state index contributed by atoms with van der Waals surface area (Å²) in [5, 5.41) is 14.1. The number of amides is 1. The summed E-state index contributed by atoms with van der Waals surface area (Å²) in [5.41, 5.74) is 6.80. The van der Waals surface area contributed by atoms with Crippen molar-refractivity contribution in [3.63, 3.8) is 0 Å². The zero-order valence-electron chi connectivity index (χ0n) is 10.2. The van der Waals surface area contributed by atoms with E-state index in [0.717, 1.165) is 3.57 Å². The van der Waals surface area contributed by atoms with E-state index in [1.807, 2.05) is 24.3 Å². The molecule has 0 bridgehead atoms. The lowest BCUT2D eigenvalue weighted by atomic mass is 10.2. The number of hydrogen-bond acceptors (Lipinski definition) is 4. The van der Waals surface area contributed by atoms with Crippen LogP contribution in [0.2, 0.25) is 0 Å². The number of oxime groups is 1. The van der Waals surface area contributed by atoms with Gasteiger partial charge in [0.2, 0.25) is 0 Å². The van der Waals surface area contributed by atoms with E-state index in [1.54, 1.807) is 6.07 Å². The third-order valence-electron chi connectivity index (χ3n) is 2.50. The Balaban J connectivity index is 2.11. The number of pyridine rings is 1. The van der Waals surface area contributed by atoms with E-state index >= 15 is 0 Å². The summed E-state index contributed by atoms with van der Waals surface area (Å²) >= 11 is 2.19. The van der Waals surface area contributed by atoms with E-state index in [0.29, 0.717) is 11.3 Å². The van der Waals surface area contributed by atoms with Crippen LogP contribution in [-0.4, -0.2) is 21.9 Å². The molecule has 0 saturated carbocycles. The monoisotopic (exact) mass is 382 g/mol. The molecule has 1 amide bonds. The van der Waals surface area contributed by atoms with Crippen LogP contribution in [0.3, 0.4) is 0 Å². The highest BCUT2D eigenvalue weighted by Crippen LogP contribution is 2.12. The molecule has 0 aliphatic rings. The highest BCUT2D eigenvalue weighted by Gasteiger charge is 2.08. The number of carbonyl (C=O) groups is 1. The normalized spacial score (nSPS) is 11.2. The van der Waals surface area contributed by atoms with Crippen LogP contribution in [0.1, 0.15) is 16.1 Å². The number of rotatable bonds is 3. The van der Waals surface area contributed by atoms with Gasteiger partial charge in [-0.1, -0.05) is 5.16 Å². The topological polar surface area (TPSA) is 101 Å². The van der Waals surface area contributed by atoms with Gasteiger partial charge in [-0.15, -0.1) is 0 Å². The summed E-state index contributed by atoms with van der Waals surface area (Å²) in [4.78, 5) is 15.9. The quantitative estimate of drug-likeness (QED) is 0.249. The van der Waals surface area contributed by atoms with Crippen molar-refractivity contribution in [1.29, 1.82) is 0 Å². The molecule has 0 fully saturated rings. The van der Waals surface area contributed by atoms with Gasteiger partial charge in [-0.3, -0.25) is 9.78 Å². The lowest BCUT2D eigenvalue weighted by Gasteiger charge is -2.05. The number of amidine groups is 1. The predicted octanol–water partition coefficient (Wildman–Crippen LogP) is 2.03. The summed E-state index contributed by atoms with van der Waals surface area (Å²) in [6.07, 6.45) is 1.37. The molecule has 0 aliphatic carbocycles.